The lowest BCUT2D eigenvalue weighted by Crippen LogP contribution is -2.01. The molecule has 0 radical (unpaired) electrons. The van der Waals surface area contributed by atoms with Crippen molar-refractivity contribution in [3.63, 3.8) is 0 Å². The molecule has 0 unspecified atom stereocenters. The Balaban J connectivity index is 2.02. The Bertz CT molecular complexity index is 766. The van der Waals surface area contributed by atoms with E-state index in [0.717, 1.165) is 22.0 Å². The smallest absolute Gasteiger partial charge is 0.123 e. The van der Waals surface area contributed by atoms with E-state index in [1.165, 1.54) is 12.1 Å². The van der Waals surface area contributed by atoms with E-state index in [4.69, 9.17) is 6.42 Å². The molecule has 3 rings (SSSR count). The molecular formula is C15H10FN3. The minimum Gasteiger partial charge on any atom is -0.261 e. The van der Waals surface area contributed by atoms with Crippen LogP contribution in [0.4, 0.5) is 4.39 Å². The third-order valence-corrected chi connectivity index (χ3v) is 2.97. The van der Waals surface area contributed by atoms with E-state index in [-0.39, 0.29) is 5.82 Å². The van der Waals surface area contributed by atoms with Gasteiger partial charge in [-0.3, -0.25) is 9.67 Å². The van der Waals surface area contributed by atoms with Gasteiger partial charge in [-0.15, -0.1) is 6.42 Å². The van der Waals surface area contributed by atoms with E-state index in [9.17, 15) is 4.39 Å². The molecule has 0 aliphatic carbocycles. The van der Waals surface area contributed by atoms with E-state index in [0.29, 0.717) is 6.54 Å². The summed E-state index contributed by atoms with van der Waals surface area (Å²) < 4.78 is 14.7. The molecule has 0 atom stereocenters. The Hall–Kier alpha value is -2.67. The minimum atomic E-state index is -0.245. The van der Waals surface area contributed by atoms with E-state index in [2.05, 4.69) is 16.0 Å². The van der Waals surface area contributed by atoms with Crippen molar-refractivity contribution in [2.75, 3.05) is 0 Å². The third kappa shape index (κ3) is 2.06. The predicted molar refractivity (Wildman–Crippen MR) is 71.0 cm³/mol. The van der Waals surface area contributed by atoms with Crippen molar-refractivity contribution in [3.05, 3.63) is 59.8 Å². The van der Waals surface area contributed by atoms with Crippen LogP contribution in [-0.2, 0) is 6.54 Å². The predicted octanol–water partition coefficient (Wildman–Crippen LogP) is 2.60. The van der Waals surface area contributed by atoms with Crippen LogP contribution in [0.2, 0.25) is 0 Å². The molecule has 1 aromatic carbocycles. The summed E-state index contributed by atoms with van der Waals surface area (Å²) in [4.78, 5) is 4.11. The Morgan fingerprint density at radius 2 is 1.95 bits per heavy atom. The lowest BCUT2D eigenvalue weighted by Gasteiger charge is -2.04. The van der Waals surface area contributed by atoms with Gasteiger partial charge in [0.05, 0.1) is 30.0 Å². The van der Waals surface area contributed by atoms with Crippen LogP contribution in [0.25, 0.3) is 10.9 Å². The van der Waals surface area contributed by atoms with E-state index in [1.54, 1.807) is 35.4 Å². The van der Waals surface area contributed by atoms with Crippen molar-refractivity contribution in [3.8, 4) is 12.3 Å². The molecule has 4 heteroatoms. The second-order valence-corrected chi connectivity index (χ2v) is 4.19. The number of hydrogen-bond donors (Lipinski definition) is 0. The summed E-state index contributed by atoms with van der Waals surface area (Å²) in [6.45, 7) is 0.555. The fourth-order valence-electron chi connectivity index (χ4n) is 1.99. The number of nitrogens with zero attached hydrogens (tertiary/aromatic N) is 3. The molecule has 0 aliphatic rings. The molecule has 0 amide bonds. The van der Waals surface area contributed by atoms with Crippen LogP contribution >= 0.6 is 0 Å². The monoisotopic (exact) mass is 251 g/mol. The van der Waals surface area contributed by atoms with Gasteiger partial charge in [-0.05, 0) is 17.7 Å². The Labute approximate surface area is 109 Å². The second kappa shape index (κ2) is 4.54. The maximum atomic E-state index is 12.9. The highest BCUT2D eigenvalue weighted by Gasteiger charge is 2.06. The maximum absolute atomic E-state index is 12.9. The molecule has 0 spiro atoms. The lowest BCUT2D eigenvalue weighted by molar-refractivity contribution is 0.625. The van der Waals surface area contributed by atoms with Crippen molar-refractivity contribution in [1.29, 1.82) is 0 Å². The van der Waals surface area contributed by atoms with Crippen LogP contribution < -0.4 is 0 Å². The largest absolute Gasteiger partial charge is 0.261 e. The Morgan fingerprint density at radius 1 is 1.16 bits per heavy atom. The SMILES string of the molecule is C#Cc1cncc2c1cnn2Cc1ccc(F)cc1. The summed E-state index contributed by atoms with van der Waals surface area (Å²) in [5.74, 6) is 2.34. The van der Waals surface area contributed by atoms with Gasteiger partial charge in [0, 0.05) is 11.6 Å². The lowest BCUT2D eigenvalue weighted by atomic mass is 10.2. The standard InChI is InChI=1S/C15H10FN3/c1-2-12-7-17-9-15-14(12)8-18-19(15)10-11-3-5-13(16)6-4-11/h1,3-9H,10H2. The number of rotatable bonds is 2. The van der Waals surface area contributed by atoms with Crippen LogP contribution in [0.1, 0.15) is 11.1 Å². The molecule has 2 aromatic heterocycles. The number of fused-ring (bicyclic) bond motifs is 1. The Morgan fingerprint density at radius 3 is 2.68 bits per heavy atom. The summed E-state index contributed by atoms with van der Waals surface area (Å²) >= 11 is 0. The van der Waals surface area contributed by atoms with Gasteiger partial charge in [-0.1, -0.05) is 18.1 Å². The first-order valence-electron chi connectivity index (χ1n) is 5.78. The van der Waals surface area contributed by atoms with Gasteiger partial charge < -0.3 is 0 Å². The van der Waals surface area contributed by atoms with Gasteiger partial charge >= 0.3 is 0 Å². The molecule has 0 aliphatic heterocycles. The van der Waals surface area contributed by atoms with Crippen LogP contribution in [0.15, 0.2) is 42.9 Å². The van der Waals surface area contributed by atoms with Gasteiger partial charge in [-0.25, -0.2) is 4.39 Å². The van der Waals surface area contributed by atoms with Gasteiger partial charge in [0.25, 0.3) is 0 Å². The first-order valence-corrected chi connectivity index (χ1v) is 5.78. The summed E-state index contributed by atoms with van der Waals surface area (Å²) in [6, 6.07) is 6.35. The highest BCUT2D eigenvalue weighted by molar-refractivity contribution is 5.83. The summed E-state index contributed by atoms with van der Waals surface area (Å²) in [7, 11) is 0. The normalized spacial score (nSPS) is 10.5. The molecular weight excluding hydrogens is 241 g/mol. The average molecular weight is 251 g/mol. The molecule has 3 nitrogen and oxygen atoms in total. The number of benzene rings is 1. The van der Waals surface area contributed by atoms with Crippen molar-refractivity contribution < 1.29 is 4.39 Å². The van der Waals surface area contributed by atoms with Gasteiger partial charge in [-0.2, -0.15) is 5.10 Å². The number of halogens is 1. The van der Waals surface area contributed by atoms with Crippen LogP contribution in [0.5, 0.6) is 0 Å². The molecule has 0 saturated heterocycles. The number of hydrogen-bond acceptors (Lipinski definition) is 2. The molecule has 0 N–H and O–H groups in total. The Kier molecular flexibility index (Phi) is 2.73. The fraction of sp³-hybridized carbons (Fsp3) is 0.0667. The zero-order chi connectivity index (χ0) is 13.2. The van der Waals surface area contributed by atoms with Crippen molar-refractivity contribution in [1.82, 2.24) is 14.8 Å². The maximum Gasteiger partial charge on any atom is 0.123 e. The zero-order valence-electron chi connectivity index (χ0n) is 10.0. The molecule has 19 heavy (non-hydrogen) atoms. The molecule has 0 bridgehead atoms. The first-order chi connectivity index (χ1) is 9.28. The summed E-state index contributed by atoms with van der Waals surface area (Å²) in [5, 5.41) is 5.21. The molecule has 2 heterocycles. The minimum absolute atomic E-state index is 0.245. The van der Waals surface area contributed by atoms with Gasteiger partial charge in [0.1, 0.15) is 5.82 Å². The number of aromatic nitrogens is 3. The summed E-state index contributed by atoms with van der Waals surface area (Å²) in [6.07, 6.45) is 10.5. The molecule has 0 fully saturated rings. The topological polar surface area (TPSA) is 30.7 Å². The van der Waals surface area contributed by atoms with Gasteiger partial charge in [0.2, 0.25) is 0 Å². The molecule has 3 aromatic rings. The van der Waals surface area contributed by atoms with E-state index >= 15 is 0 Å². The average Bonchev–Trinajstić information content (AvgIpc) is 2.84. The first kappa shape index (κ1) is 11.4. The molecule has 0 saturated carbocycles. The van der Waals surface area contributed by atoms with Gasteiger partial charge in [0.15, 0.2) is 0 Å². The molecule has 92 valence electrons. The highest BCUT2D eigenvalue weighted by atomic mass is 19.1. The third-order valence-electron chi connectivity index (χ3n) is 2.97. The van der Waals surface area contributed by atoms with E-state index < -0.39 is 0 Å². The number of terminal acetylenes is 1. The zero-order valence-corrected chi connectivity index (χ0v) is 10.0. The number of pyridine rings is 1. The summed E-state index contributed by atoms with van der Waals surface area (Å²) in [5.41, 5.74) is 2.57. The van der Waals surface area contributed by atoms with E-state index in [1.807, 2.05) is 0 Å². The highest BCUT2D eigenvalue weighted by Crippen LogP contribution is 2.17. The van der Waals surface area contributed by atoms with Crippen LogP contribution in [0, 0.1) is 18.2 Å². The van der Waals surface area contributed by atoms with Crippen molar-refractivity contribution in [2.24, 2.45) is 0 Å². The fourth-order valence-corrected chi connectivity index (χ4v) is 1.99. The van der Waals surface area contributed by atoms with Crippen molar-refractivity contribution >= 4 is 10.9 Å². The van der Waals surface area contributed by atoms with Crippen LogP contribution in [-0.4, -0.2) is 14.8 Å². The van der Waals surface area contributed by atoms with Crippen molar-refractivity contribution in [2.45, 2.75) is 6.54 Å². The van der Waals surface area contributed by atoms with Crippen LogP contribution in [0.3, 0.4) is 0 Å². The second-order valence-electron chi connectivity index (χ2n) is 4.19. The quantitative estimate of drug-likeness (QED) is 0.655.